The third-order valence-electron chi connectivity index (χ3n) is 6.64. The van der Waals surface area contributed by atoms with Gasteiger partial charge in [0.05, 0.1) is 5.29 Å². The lowest BCUT2D eigenvalue weighted by Crippen LogP contribution is -2.79. The number of hydrogen-bond acceptors (Lipinski definition) is 6. The molecule has 34 heavy (non-hydrogen) atoms. The van der Waals surface area contributed by atoms with Gasteiger partial charge >= 0.3 is 11.9 Å². The summed E-state index contributed by atoms with van der Waals surface area (Å²) in [5, 5.41) is 17.0. The number of carboxylic acids is 2. The molecular formula is C24H34N2O5SSi2. The van der Waals surface area contributed by atoms with Gasteiger partial charge in [0.25, 0.3) is 8.20 Å². The van der Waals surface area contributed by atoms with Gasteiger partial charge in [0, 0.05) is 17.2 Å². The smallest absolute Gasteiger partial charge is 0.303 e. The van der Waals surface area contributed by atoms with E-state index >= 15 is 0 Å². The molecule has 0 aliphatic heterocycles. The molecule has 7 nitrogen and oxygen atoms in total. The van der Waals surface area contributed by atoms with Crippen molar-refractivity contribution in [2.24, 2.45) is 11.5 Å². The zero-order chi connectivity index (χ0) is 25.4. The molecule has 0 bridgehead atoms. The Labute approximate surface area is 208 Å². The van der Waals surface area contributed by atoms with E-state index in [1.807, 2.05) is 60.7 Å². The van der Waals surface area contributed by atoms with Crippen LogP contribution in [0, 0.1) is 0 Å². The molecule has 0 aliphatic rings. The van der Waals surface area contributed by atoms with Crippen molar-refractivity contribution in [3.05, 3.63) is 71.8 Å². The normalized spacial score (nSPS) is 15.2. The van der Waals surface area contributed by atoms with Gasteiger partial charge in [-0.1, -0.05) is 67.1 Å². The Morgan fingerprint density at radius 1 is 0.882 bits per heavy atom. The summed E-state index contributed by atoms with van der Waals surface area (Å²) in [7, 11) is -5.82. The summed E-state index contributed by atoms with van der Waals surface area (Å²) < 4.78 is 12.9. The van der Waals surface area contributed by atoms with Gasteiger partial charge < -0.3 is 26.1 Å². The summed E-state index contributed by atoms with van der Waals surface area (Å²) in [6.45, 7) is 1.68. The summed E-state index contributed by atoms with van der Waals surface area (Å²) in [6.07, 6.45) is 1.48. The van der Waals surface area contributed by atoms with E-state index in [1.165, 1.54) is 0 Å². The second-order valence-corrected chi connectivity index (χ2v) is 19.7. The van der Waals surface area contributed by atoms with Crippen LogP contribution >= 0.6 is 12.6 Å². The summed E-state index contributed by atoms with van der Waals surface area (Å²) in [6, 6.07) is 19.0. The first-order valence-electron chi connectivity index (χ1n) is 11.3. The van der Waals surface area contributed by atoms with Crippen molar-refractivity contribution >= 4 is 40.4 Å². The van der Waals surface area contributed by atoms with Gasteiger partial charge in [-0.05, 0) is 43.0 Å². The molecule has 0 saturated carbocycles. The largest absolute Gasteiger partial charge is 0.481 e. The lowest BCUT2D eigenvalue weighted by Gasteiger charge is -2.53. The third-order valence-corrected chi connectivity index (χ3v) is 21.7. The Balaban J connectivity index is 2.75. The molecule has 2 atom stereocenters. The molecule has 0 saturated heterocycles. The van der Waals surface area contributed by atoms with Gasteiger partial charge in [0.2, 0.25) is 0 Å². The first kappa shape index (κ1) is 28.1. The zero-order valence-corrected chi connectivity index (χ0v) is 22.3. The van der Waals surface area contributed by atoms with Crippen LogP contribution in [0.4, 0.5) is 0 Å². The molecule has 2 rings (SSSR count). The number of thiol groups is 1. The molecule has 6 N–H and O–H groups in total. The Hall–Kier alpha value is -2.12. The number of aliphatic carboxylic acids is 2. The SMILES string of the molecule is C[Si](=O)[Si](CCCCC(=O)O)(C(N)(N)c1ccccc1)C(S)(CCCC(=O)O)c1ccccc1. The maximum atomic E-state index is 13.9. The highest BCUT2D eigenvalue weighted by molar-refractivity contribution is 7.85. The van der Waals surface area contributed by atoms with Gasteiger partial charge in [-0.25, -0.2) is 0 Å². The first-order valence-corrected chi connectivity index (χ1v) is 16.9. The maximum Gasteiger partial charge on any atom is 0.303 e. The fourth-order valence-electron chi connectivity index (χ4n) is 4.95. The van der Waals surface area contributed by atoms with Gasteiger partial charge in [-0.3, -0.25) is 9.59 Å². The molecule has 0 spiro atoms. The Morgan fingerprint density at radius 2 is 1.35 bits per heavy atom. The molecule has 0 heterocycles. The first-order chi connectivity index (χ1) is 16.0. The van der Waals surface area contributed by atoms with Gasteiger partial charge in [0.1, 0.15) is 0 Å². The number of carbonyl (C=O) groups is 2. The molecule has 2 aromatic rings. The number of hydrogen-bond donors (Lipinski definition) is 5. The second-order valence-electron chi connectivity index (χ2n) is 8.77. The van der Waals surface area contributed by atoms with Gasteiger partial charge in [-0.2, -0.15) is 12.6 Å². The van der Waals surface area contributed by atoms with Crippen LogP contribution in [0.2, 0.25) is 12.6 Å². The highest BCUT2D eigenvalue weighted by atomic mass is 32.1. The quantitative estimate of drug-likeness (QED) is 0.111. The summed E-state index contributed by atoms with van der Waals surface area (Å²) in [5.41, 5.74) is 15.5. The monoisotopic (exact) mass is 518 g/mol. The van der Waals surface area contributed by atoms with Crippen molar-refractivity contribution in [2.45, 2.75) is 60.8 Å². The van der Waals surface area contributed by atoms with E-state index in [1.54, 1.807) is 6.55 Å². The second kappa shape index (κ2) is 12.0. The highest BCUT2D eigenvalue weighted by Crippen LogP contribution is 2.50. The molecule has 0 radical (unpaired) electrons. The number of nitrogens with two attached hydrogens (primary N) is 2. The minimum Gasteiger partial charge on any atom is -0.481 e. The third kappa shape index (κ3) is 5.92. The predicted octanol–water partition coefficient (Wildman–Crippen LogP) is 3.75. The topological polar surface area (TPSA) is 144 Å². The highest BCUT2D eigenvalue weighted by Gasteiger charge is 2.65. The fourth-order valence-corrected chi connectivity index (χ4v) is 19.6. The molecule has 2 aromatic carbocycles. The van der Waals surface area contributed by atoms with Crippen LogP contribution < -0.4 is 11.5 Å². The van der Waals surface area contributed by atoms with Crippen molar-refractivity contribution in [3.8, 4) is 0 Å². The Bertz CT molecular complexity index is 993. The van der Waals surface area contributed by atoms with Crippen molar-refractivity contribution in [2.75, 3.05) is 0 Å². The Morgan fingerprint density at radius 3 is 1.82 bits per heavy atom. The summed E-state index contributed by atoms with van der Waals surface area (Å²) in [5.74, 6) is -1.82. The zero-order valence-electron chi connectivity index (χ0n) is 19.4. The van der Waals surface area contributed by atoms with Crippen molar-refractivity contribution in [1.29, 1.82) is 0 Å². The maximum absolute atomic E-state index is 13.9. The number of unbranched alkanes of at least 4 members (excludes halogenated alkanes) is 1. The van der Waals surface area contributed by atoms with E-state index in [0.29, 0.717) is 37.3 Å². The number of carboxylic acid groups (broad SMARTS) is 2. The van der Waals surface area contributed by atoms with Crippen molar-refractivity contribution in [1.82, 2.24) is 0 Å². The standard InChI is InChI=1S/C24H34N2O5SSi2/c1-33(31)34(18-9-8-15-21(27)28,24(25,26)20-13-6-3-7-14-20)23(32,17-10-16-22(29)30)19-11-4-2-5-12-19/h2-7,11-14,32H,8-10,15-18,25-26H2,1H3,(H,27,28)(H,29,30). The van der Waals surface area contributed by atoms with E-state index in [0.717, 1.165) is 5.56 Å². The van der Waals surface area contributed by atoms with E-state index in [4.69, 9.17) is 29.2 Å². The molecule has 2 unspecified atom stereocenters. The molecular weight excluding hydrogens is 485 g/mol. The van der Waals surface area contributed by atoms with E-state index in [9.17, 15) is 19.2 Å². The van der Waals surface area contributed by atoms with Crippen molar-refractivity contribution in [3.63, 3.8) is 0 Å². The minimum atomic E-state index is -3.40. The summed E-state index contributed by atoms with van der Waals surface area (Å²) in [4.78, 5) is 22.5. The number of rotatable bonds is 14. The van der Waals surface area contributed by atoms with E-state index < -0.39 is 37.4 Å². The van der Waals surface area contributed by atoms with Crippen LogP contribution in [0.3, 0.4) is 0 Å². The van der Waals surface area contributed by atoms with Gasteiger partial charge in [0.15, 0.2) is 7.59 Å². The van der Waals surface area contributed by atoms with E-state index in [2.05, 4.69) is 0 Å². The molecule has 10 heteroatoms. The average Bonchev–Trinajstić information content (AvgIpc) is 2.79. The molecule has 0 aliphatic carbocycles. The Kier molecular flexibility index (Phi) is 9.95. The number of benzene rings is 2. The van der Waals surface area contributed by atoms with Crippen LogP contribution in [0.25, 0.3) is 0 Å². The van der Waals surface area contributed by atoms with E-state index in [-0.39, 0.29) is 12.8 Å². The lowest BCUT2D eigenvalue weighted by atomic mass is 10.1. The van der Waals surface area contributed by atoms with Crippen LogP contribution in [-0.2, 0) is 23.7 Å². The lowest BCUT2D eigenvalue weighted by molar-refractivity contribution is -0.138. The average molecular weight is 519 g/mol. The van der Waals surface area contributed by atoms with Crippen LogP contribution in [0.15, 0.2) is 60.7 Å². The van der Waals surface area contributed by atoms with Crippen molar-refractivity contribution < 1.29 is 24.3 Å². The molecule has 0 fully saturated rings. The van der Waals surface area contributed by atoms with Crippen LogP contribution in [0.1, 0.15) is 49.7 Å². The summed E-state index contributed by atoms with van der Waals surface area (Å²) >= 11 is 5.24. The molecule has 184 valence electrons. The minimum absolute atomic E-state index is 0.00741. The molecule has 0 aromatic heterocycles. The van der Waals surface area contributed by atoms with Gasteiger partial charge in [-0.15, -0.1) is 0 Å². The fraction of sp³-hybridized carbons (Fsp3) is 0.417. The predicted molar refractivity (Wildman–Crippen MR) is 139 cm³/mol. The van der Waals surface area contributed by atoms with Crippen LogP contribution in [-0.4, -0.2) is 37.9 Å². The molecule has 0 amide bonds. The van der Waals surface area contributed by atoms with Crippen LogP contribution in [0.5, 0.6) is 0 Å².